The summed E-state index contributed by atoms with van der Waals surface area (Å²) in [5.74, 6) is -1.28. The Morgan fingerprint density at radius 2 is 2.24 bits per heavy atom. The van der Waals surface area contributed by atoms with Gasteiger partial charge < -0.3 is 9.52 Å². The molecule has 1 aromatic heterocycles. The van der Waals surface area contributed by atoms with E-state index in [0.717, 1.165) is 5.56 Å². The number of fused-ring (bicyclic) bond motifs is 1. The standard InChI is InChI=1S/C13H10O4/c1-2-4-8-5-3-6-9-7-10(12(14)15)13(16)17-11(8)9/h2-3,5-7H,1,4H2,(H,14,15). The van der Waals surface area contributed by atoms with Crippen LogP contribution in [0, 0.1) is 0 Å². The van der Waals surface area contributed by atoms with Gasteiger partial charge in [0.1, 0.15) is 11.1 Å². The molecule has 0 saturated carbocycles. The average molecular weight is 230 g/mol. The van der Waals surface area contributed by atoms with Gasteiger partial charge in [-0.25, -0.2) is 9.59 Å². The van der Waals surface area contributed by atoms with Crippen LogP contribution < -0.4 is 5.63 Å². The van der Waals surface area contributed by atoms with E-state index in [2.05, 4.69) is 6.58 Å². The molecule has 1 aromatic carbocycles. The van der Waals surface area contributed by atoms with E-state index >= 15 is 0 Å². The third-order valence-electron chi connectivity index (χ3n) is 2.44. The topological polar surface area (TPSA) is 67.5 Å². The fourth-order valence-electron chi connectivity index (χ4n) is 1.67. The summed E-state index contributed by atoms with van der Waals surface area (Å²) in [5.41, 5.74) is 0.0451. The van der Waals surface area contributed by atoms with E-state index < -0.39 is 11.6 Å². The van der Waals surface area contributed by atoms with Gasteiger partial charge in [-0.05, 0) is 18.1 Å². The van der Waals surface area contributed by atoms with Gasteiger partial charge in [-0.15, -0.1) is 6.58 Å². The molecule has 0 fully saturated rings. The van der Waals surface area contributed by atoms with Crippen molar-refractivity contribution in [1.29, 1.82) is 0 Å². The zero-order valence-corrected chi connectivity index (χ0v) is 8.97. The second-order valence-electron chi connectivity index (χ2n) is 3.58. The molecule has 2 aromatic rings. The maximum Gasteiger partial charge on any atom is 0.351 e. The van der Waals surface area contributed by atoms with Crippen molar-refractivity contribution in [3.63, 3.8) is 0 Å². The van der Waals surface area contributed by atoms with Gasteiger partial charge in [0.15, 0.2) is 0 Å². The number of hydrogen-bond donors (Lipinski definition) is 1. The Morgan fingerprint density at radius 3 is 2.88 bits per heavy atom. The van der Waals surface area contributed by atoms with Gasteiger partial charge in [-0.3, -0.25) is 0 Å². The molecule has 0 aliphatic rings. The van der Waals surface area contributed by atoms with E-state index in [-0.39, 0.29) is 5.56 Å². The number of aromatic carboxylic acids is 1. The Morgan fingerprint density at radius 1 is 1.47 bits per heavy atom. The largest absolute Gasteiger partial charge is 0.477 e. The highest BCUT2D eigenvalue weighted by Gasteiger charge is 2.13. The Labute approximate surface area is 96.8 Å². The van der Waals surface area contributed by atoms with Gasteiger partial charge in [0.2, 0.25) is 0 Å². The van der Waals surface area contributed by atoms with Crippen LogP contribution in [0.25, 0.3) is 11.0 Å². The summed E-state index contributed by atoms with van der Waals surface area (Å²) in [5, 5.41) is 9.42. The highest BCUT2D eigenvalue weighted by atomic mass is 16.4. The molecular weight excluding hydrogens is 220 g/mol. The van der Waals surface area contributed by atoms with Gasteiger partial charge in [0.25, 0.3) is 0 Å². The Hall–Kier alpha value is -2.36. The highest BCUT2D eigenvalue weighted by Crippen LogP contribution is 2.18. The van der Waals surface area contributed by atoms with E-state index in [1.165, 1.54) is 6.07 Å². The van der Waals surface area contributed by atoms with E-state index in [1.807, 2.05) is 6.07 Å². The monoisotopic (exact) mass is 230 g/mol. The van der Waals surface area contributed by atoms with Crippen LogP contribution in [-0.2, 0) is 6.42 Å². The molecular formula is C13H10O4. The maximum atomic E-state index is 11.5. The van der Waals surface area contributed by atoms with Crippen LogP contribution in [0.2, 0.25) is 0 Å². The van der Waals surface area contributed by atoms with E-state index in [9.17, 15) is 9.59 Å². The van der Waals surface area contributed by atoms with Crippen LogP contribution in [0.15, 0.2) is 46.1 Å². The maximum absolute atomic E-state index is 11.5. The Bertz CT molecular complexity index is 652. The third kappa shape index (κ3) is 1.97. The first kappa shape index (κ1) is 11.1. The fraction of sp³-hybridized carbons (Fsp3) is 0.0769. The van der Waals surface area contributed by atoms with Crippen molar-refractivity contribution in [3.8, 4) is 0 Å². The van der Waals surface area contributed by atoms with Crippen LogP contribution >= 0.6 is 0 Å². The number of carboxylic acid groups (broad SMARTS) is 1. The SMILES string of the molecule is C=CCc1cccc2cc(C(=O)O)c(=O)oc12. The summed E-state index contributed by atoms with van der Waals surface area (Å²) in [6.45, 7) is 3.62. The first-order chi connectivity index (χ1) is 8.13. The molecule has 86 valence electrons. The van der Waals surface area contributed by atoms with Crippen LogP contribution in [0.5, 0.6) is 0 Å². The molecule has 0 spiro atoms. The molecule has 4 nitrogen and oxygen atoms in total. The first-order valence-electron chi connectivity index (χ1n) is 5.03. The minimum absolute atomic E-state index is 0.353. The average Bonchev–Trinajstić information content (AvgIpc) is 2.29. The highest BCUT2D eigenvalue weighted by molar-refractivity contribution is 5.92. The molecule has 0 aliphatic carbocycles. The predicted octanol–water partition coefficient (Wildman–Crippen LogP) is 2.22. The number of allylic oxidation sites excluding steroid dienone is 1. The molecule has 0 bridgehead atoms. The number of benzene rings is 1. The van der Waals surface area contributed by atoms with Crippen molar-refractivity contribution in [2.24, 2.45) is 0 Å². The molecule has 0 atom stereocenters. The van der Waals surface area contributed by atoms with Crippen LogP contribution in [0.1, 0.15) is 15.9 Å². The minimum atomic E-state index is -1.28. The summed E-state index contributed by atoms with van der Waals surface area (Å²) >= 11 is 0. The zero-order chi connectivity index (χ0) is 12.4. The fourth-order valence-corrected chi connectivity index (χ4v) is 1.67. The molecule has 1 heterocycles. The normalized spacial score (nSPS) is 10.4. The van der Waals surface area contributed by atoms with Crippen molar-refractivity contribution in [1.82, 2.24) is 0 Å². The quantitative estimate of drug-likeness (QED) is 0.648. The minimum Gasteiger partial charge on any atom is -0.477 e. The third-order valence-corrected chi connectivity index (χ3v) is 2.44. The summed E-state index contributed by atoms with van der Waals surface area (Å²) in [6.07, 6.45) is 2.26. The number of para-hydroxylation sites is 1. The van der Waals surface area contributed by atoms with Crippen molar-refractivity contribution in [2.75, 3.05) is 0 Å². The molecule has 1 N–H and O–H groups in total. The molecule has 0 radical (unpaired) electrons. The van der Waals surface area contributed by atoms with Crippen molar-refractivity contribution in [3.05, 3.63) is 58.5 Å². The van der Waals surface area contributed by atoms with Crippen LogP contribution in [-0.4, -0.2) is 11.1 Å². The summed E-state index contributed by atoms with van der Waals surface area (Å²) in [4.78, 5) is 22.3. The summed E-state index contributed by atoms with van der Waals surface area (Å²) < 4.78 is 5.05. The van der Waals surface area contributed by atoms with Crippen molar-refractivity contribution in [2.45, 2.75) is 6.42 Å². The van der Waals surface area contributed by atoms with Crippen molar-refractivity contribution >= 4 is 16.9 Å². The molecule has 0 saturated heterocycles. The van der Waals surface area contributed by atoms with Gasteiger partial charge >= 0.3 is 11.6 Å². The molecule has 17 heavy (non-hydrogen) atoms. The predicted molar refractivity (Wildman–Crippen MR) is 63.3 cm³/mol. The lowest BCUT2D eigenvalue weighted by Crippen LogP contribution is -2.13. The zero-order valence-electron chi connectivity index (χ0n) is 8.97. The van der Waals surface area contributed by atoms with Gasteiger partial charge in [0.05, 0.1) is 0 Å². The van der Waals surface area contributed by atoms with E-state index in [1.54, 1.807) is 18.2 Å². The first-order valence-corrected chi connectivity index (χ1v) is 5.03. The molecule has 2 rings (SSSR count). The van der Waals surface area contributed by atoms with Crippen LogP contribution in [0.3, 0.4) is 0 Å². The number of rotatable bonds is 3. The lowest BCUT2D eigenvalue weighted by molar-refractivity contribution is 0.0692. The smallest absolute Gasteiger partial charge is 0.351 e. The van der Waals surface area contributed by atoms with Gasteiger partial charge in [-0.2, -0.15) is 0 Å². The second-order valence-corrected chi connectivity index (χ2v) is 3.58. The summed E-state index contributed by atoms with van der Waals surface area (Å²) in [7, 11) is 0. The van der Waals surface area contributed by atoms with E-state index in [0.29, 0.717) is 17.4 Å². The van der Waals surface area contributed by atoms with Gasteiger partial charge in [-0.1, -0.05) is 24.3 Å². The Balaban J connectivity index is 2.77. The molecule has 4 heteroatoms. The van der Waals surface area contributed by atoms with Crippen molar-refractivity contribution < 1.29 is 14.3 Å². The summed E-state index contributed by atoms with van der Waals surface area (Å²) in [6, 6.07) is 6.63. The number of hydrogen-bond acceptors (Lipinski definition) is 3. The molecule has 0 aliphatic heterocycles. The second kappa shape index (κ2) is 4.25. The molecule has 0 amide bonds. The molecule has 0 unspecified atom stereocenters. The Kier molecular flexibility index (Phi) is 2.78. The lowest BCUT2D eigenvalue weighted by Gasteiger charge is -2.03. The van der Waals surface area contributed by atoms with E-state index in [4.69, 9.17) is 9.52 Å². The lowest BCUT2D eigenvalue weighted by atomic mass is 10.1. The number of carboxylic acids is 1. The number of carbonyl (C=O) groups is 1. The van der Waals surface area contributed by atoms with Gasteiger partial charge in [0, 0.05) is 5.39 Å². The van der Waals surface area contributed by atoms with Crippen LogP contribution in [0.4, 0.5) is 0 Å².